The van der Waals surface area contributed by atoms with Crippen LogP contribution in [0.1, 0.15) is 17.8 Å². The summed E-state index contributed by atoms with van der Waals surface area (Å²) in [6.45, 7) is 0. The lowest BCUT2D eigenvalue weighted by Gasteiger charge is -2.10. The van der Waals surface area contributed by atoms with Crippen LogP contribution in [-0.4, -0.2) is 23.0 Å². The second-order valence-corrected chi connectivity index (χ2v) is 4.51. The zero-order chi connectivity index (χ0) is 16.2. The van der Waals surface area contributed by atoms with Crippen molar-refractivity contribution in [1.29, 1.82) is 0 Å². The third kappa shape index (κ3) is 4.03. The van der Waals surface area contributed by atoms with Crippen molar-refractivity contribution in [2.75, 3.05) is 7.11 Å². The molecule has 116 valence electrons. The fraction of sp³-hybridized carbons (Fsp3) is 0.267. The molecule has 0 unspecified atom stereocenters. The molecule has 22 heavy (non-hydrogen) atoms. The summed E-state index contributed by atoms with van der Waals surface area (Å²) < 4.78 is 43.3. The molecule has 0 bridgehead atoms. The molecule has 0 fully saturated rings. The molecule has 0 radical (unpaired) electrons. The fourth-order valence-electron chi connectivity index (χ4n) is 1.82. The Hall–Kier alpha value is -2.44. The predicted octanol–water partition coefficient (Wildman–Crippen LogP) is 3.27. The van der Waals surface area contributed by atoms with Crippen LogP contribution in [-0.2, 0) is 22.1 Å². The number of hydrogen-bond donors (Lipinski definition) is 0. The van der Waals surface area contributed by atoms with E-state index in [1.165, 1.54) is 7.11 Å². The van der Waals surface area contributed by atoms with Crippen molar-refractivity contribution in [2.45, 2.75) is 19.0 Å². The van der Waals surface area contributed by atoms with E-state index in [1.54, 1.807) is 30.3 Å². The predicted molar refractivity (Wildman–Crippen MR) is 72.8 cm³/mol. The van der Waals surface area contributed by atoms with Gasteiger partial charge in [0, 0.05) is 17.7 Å². The summed E-state index contributed by atoms with van der Waals surface area (Å²) in [5.41, 5.74) is -0.402. The summed E-state index contributed by atoms with van der Waals surface area (Å²) in [4.78, 5) is 18.8. The number of rotatable bonds is 4. The van der Waals surface area contributed by atoms with E-state index in [2.05, 4.69) is 14.7 Å². The zero-order valence-electron chi connectivity index (χ0n) is 11.7. The Kier molecular flexibility index (Phi) is 4.75. The molecular formula is C15H13F3N2O2. The highest BCUT2D eigenvalue weighted by atomic mass is 19.4. The van der Waals surface area contributed by atoms with E-state index in [9.17, 15) is 18.0 Å². The van der Waals surface area contributed by atoms with E-state index in [0.717, 1.165) is 6.07 Å². The molecule has 0 N–H and O–H groups in total. The van der Waals surface area contributed by atoms with Crippen molar-refractivity contribution in [2.24, 2.45) is 0 Å². The van der Waals surface area contributed by atoms with E-state index in [0.29, 0.717) is 5.56 Å². The number of esters is 1. The molecule has 1 heterocycles. The van der Waals surface area contributed by atoms with Gasteiger partial charge in [-0.2, -0.15) is 13.2 Å². The van der Waals surface area contributed by atoms with Crippen LogP contribution in [0.5, 0.6) is 0 Å². The van der Waals surface area contributed by atoms with Gasteiger partial charge in [0.2, 0.25) is 0 Å². The molecule has 2 aromatic rings. The summed E-state index contributed by atoms with van der Waals surface area (Å²) >= 11 is 0. The standard InChI is InChI=1S/C15H13F3N2O2/c1-22-13(21)8-7-11-9-12(15(16,17)18)20-14(19-11)10-5-3-2-4-6-10/h2-6,9H,7-8H2,1H3. The summed E-state index contributed by atoms with van der Waals surface area (Å²) in [6, 6.07) is 9.23. The van der Waals surface area contributed by atoms with E-state index in [-0.39, 0.29) is 24.4 Å². The first-order valence-corrected chi connectivity index (χ1v) is 6.47. The van der Waals surface area contributed by atoms with Gasteiger partial charge in [0.15, 0.2) is 5.82 Å². The van der Waals surface area contributed by atoms with Gasteiger partial charge in [0.25, 0.3) is 0 Å². The number of methoxy groups -OCH3 is 1. The van der Waals surface area contributed by atoms with Crippen molar-refractivity contribution in [3.63, 3.8) is 0 Å². The number of benzene rings is 1. The zero-order valence-corrected chi connectivity index (χ0v) is 11.7. The Balaban J connectivity index is 2.39. The summed E-state index contributed by atoms with van der Waals surface area (Å²) in [6.07, 6.45) is -4.57. The highest BCUT2D eigenvalue weighted by molar-refractivity contribution is 5.69. The maximum absolute atomic E-state index is 12.9. The average Bonchev–Trinajstić information content (AvgIpc) is 2.52. The normalized spacial score (nSPS) is 11.3. The Morgan fingerprint density at radius 1 is 1.18 bits per heavy atom. The number of halogens is 3. The minimum atomic E-state index is -4.58. The average molecular weight is 310 g/mol. The first-order valence-electron chi connectivity index (χ1n) is 6.47. The molecule has 2 rings (SSSR count). The SMILES string of the molecule is COC(=O)CCc1cc(C(F)(F)F)nc(-c2ccccc2)n1. The fourth-order valence-corrected chi connectivity index (χ4v) is 1.82. The van der Waals surface area contributed by atoms with Crippen molar-refractivity contribution in [3.8, 4) is 11.4 Å². The Labute approximate surface area is 125 Å². The molecule has 0 aliphatic rings. The second-order valence-electron chi connectivity index (χ2n) is 4.51. The van der Waals surface area contributed by atoms with Crippen LogP contribution in [0.25, 0.3) is 11.4 Å². The van der Waals surface area contributed by atoms with Gasteiger partial charge in [-0.1, -0.05) is 30.3 Å². The number of aromatic nitrogens is 2. The minimum Gasteiger partial charge on any atom is -0.469 e. The van der Waals surface area contributed by atoms with Crippen LogP contribution in [0.4, 0.5) is 13.2 Å². The molecule has 0 spiro atoms. The van der Waals surface area contributed by atoms with Crippen molar-refractivity contribution in [3.05, 3.63) is 47.8 Å². The van der Waals surface area contributed by atoms with Crippen LogP contribution in [0.3, 0.4) is 0 Å². The molecule has 1 aromatic heterocycles. The molecule has 4 nitrogen and oxygen atoms in total. The van der Waals surface area contributed by atoms with Gasteiger partial charge in [-0.3, -0.25) is 4.79 Å². The van der Waals surface area contributed by atoms with Crippen LogP contribution >= 0.6 is 0 Å². The Morgan fingerprint density at radius 2 is 1.86 bits per heavy atom. The number of alkyl halides is 3. The quantitative estimate of drug-likeness (QED) is 0.813. The number of ether oxygens (including phenoxy) is 1. The molecule has 0 saturated carbocycles. The first-order chi connectivity index (χ1) is 10.4. The largest absolute Gasteiger partial charge is 0.469 e. The van der Waals surface area contributed by atoms with E-state index in [1.807, 2.05) is 0 Å². The van der Waals surface area contributed by atoms with E-state index >= 15 is 0 Å². The van der Waals surface area contributed by atoms with Crippen LogP contribution < -0.4 is 0 Å². The highest BCUT2D eigenvalue weighted by Gasteiger charge is 2.33. The number of hydrogen-bond acceptors (Lipinski definition) is 4. The van der Waals surface area contributed by atoms with Gasteiger partial charge >= 0.3 is 12.1 Å². The molecule has 0 aliphatic carbocycles. The van der Waals surface area contributed by atoms with Gasteiger partial charge < -0.3 is 4.74 Å². The lowest BCUT2D eigenvalue weighted by atomic mass is 10.1. The third-order valence-corrected chi connectivity index (χ3v) is 2.91. The Bertz CT molecular complexity index is 658. The molecular weight excluding hydrogens is 297 g/mol. The monoisotopic (exact) mass is 310 g/mol. The highest BCUT2D eigenvalue weighted by Crippen LogP contribution is 2.29. The number of nitrogens with zero attached hydrogens (tertiary/aromatic N) is 2. The molecule has 0 aliphatic heterocycles. The molecule has 7 heteroatoms. The maximum atomic E-state index is 12.9. The summed E-state index contributed by atoms with van der Waals surface area (Å²) in [7, 11) is 1.22. The third-order valence-electron chi connectivity index (χ3n) is 2.91. The van der Waals surface area contributed by atoms with E-state index < -0.39 is 17.8 Å². The maximum Gasteiger partial charge on any atom is 0.433 e. The minimum absolute atomic E-state index is 0.0182. The van der Waals surface area contributed by atoms with Gasteiger partial charge in [-0.05, 0) is 6.07 Å². The number of aryl methyl sites for hydroxylation is 1. The van der Waals surface area contributed by atoms with Crippen molar-refractivity contribution in [1.82, 2.24) is 9.97 Å². The number of carbonyl (C=O) groups is 1. The Morgan fingerprint density at radius 3 is 2.45 bits per heavy atom. The second kappa shape index (κ2) is 6.55. The molecule has 0 saturated heterocycles. The van der Waals surface area contributed by atoms with Gasteiger partial charge in [0.05, 0.1) is 13.5 Å². The lowest BCUT2D eigenvalue weighted by molar-refractivity contribution is -0.141. The summed E-state index contributed by atoms with van der Waals surface area (Å²) in [5.74, 6) is -0.524. The summed E-state index contributed by atoms with van der Waals surface area (Å²) in [5, 5.41) is 0. The van der Waals surface area contributed by atoms with Crippen molar-refractivity contribution < 1.29 is 22.7 Å². The van der Waals surface area contributed by atoms with Gasteiger partial charge in [0.1, 0.15) is 5.69 Å². The smallest absolute Gasteiger partial charge is 0.433 e. The molecule has 0 amide bonds. The van der Waals surface area contributed by atoms with Crippen molar-refractivity contribution >= 4 is 5.97 Å². The number of carbonyl (C=O) groups excluding carboxylic acids is 1. The van der Waals surface area contributed by atoms with Gasteiger partial charge in [-0.25, -0.2) is 9.97 Å². The van der Waals surface area contributed by atoms with Crippen LogP contribution in [0.15, 0.2) is 36.4 Å². The van der Waals surface area contributed by atoms with Crippen LogP contribution in [0.2, 0.25) is 0 Å². The van der Waals surface area contributed by atoms with Gasteiger partial charge in [-0.15, -0.1) is 0 Å². The van der Waals surface area contributed by atoms with E-state index in [4.69, 9.17) is 0 Å². The van der Waals surface area contributed by atoms with Crippen LogP contribution in [0, 0.1) is 0 Å². The first kappa shape index (κ1) is 15.9. The molecule has 0 atom stereocenters. The lowest BCUT2D eigenvalue weighted by Crippen LogP contribution is -2.12. The topological polar surface area (TPSA) is 52.1 Å². The molecule has 1 aromatic carbocycles.